The van der Waals surface area contributed by atoms with Crippen LogP contribution in [0.25, 0.3) is 0 Å². The number of carbonyl (C=O) groups excluding carboxylic acids is 1. The molecule has 1 atom stereocenters. The van der Waals surface area contributed by atoms with Crippen LogP contribution >= 0.6 is 11.8 Å². The second-order valence-corrected chi connectivity index (χ2v) is 10.7. The van der Waals surface area contributed by atoms with Crippen molar-refractivity contribution < 1.29 is 22.7 Å². The lowest BCUT2D eigenvalue weighted by Gasteiger charge is -2.27. The molecule has 0 aliphatic carbocycles. The summed E-state index contributed by atoms with van der Waals surface area (Å²) >= 11 is 1.43. The quantitative estimate of drug-likeness (QED) is 0.469. The van der Waals surface area contributed by atoms with Gasteiger partial charge in [0.1, 0.15) is 15.9 Å². The van der Waals surface area contributed by atoms with Gasteiger partial charge in [-0.25, -0.2) is 8.42 Å². The van der Waals surface area contributed by atoms with Gasteiger partial charge in [-0.1, -0.05) is 48.5 Å². The van der Waals surface area contributed by atoms with Crippen molar-refractivity contribution in [3.63, 3.8) is 0 Å². The van der Waals surface area contributed by atoms with E-state index in [1.807, 2.05) is 60.7 Å². The molecule has 0 bridgehead atoms. The molecule has 0 aromatic heterocycles. The van der Waals surface area contributed by atoms with Crippen molar-refractivity contribution in [2.24, 2.45) is 0 Å². The molecule has 3 aromatic rings. The molecule has 178 valence electrons. The Morgan fingerprint density at radius 2 is 1.65 bits per heavy atom. The number of rotatable bonds is 8. The SMILES string of the molecule is COc1ccc(NC(=O)[C@@H](Sc2ccccc2)c2ccccc2)cc1S(=O)(=O)N1CCOCC1. The third-order valence-corrected chi connectivity index (χ3v) is 8.54. The third-order valence-electron chi connectivity index (χ3n) is 5.36. The number of nitrogens with zero attached hydrogens (tertiary/aromatic N) is 1. The van der Waals surface area contributed by atoms with E-state index in [1.165, 1.54) is 29.2 Å². The van der Waals surface area contributed by atoms with Crippen molar-refractivity contribution in [3.05, 3.63) is 84.4 Å². The number of thioether (sulfide) groups is 1. The number of morpholine rings is 1. The van der Waals surface area contributed by atoms with Crippen LogP contribution in [0.5, 0.6) is 5.75 Å². The molecular formula is C25H26N2O5S2. The molecule has 1 saturated heterocycles. The van der Waals surface area contributed by atoms with Crippen LogP contribution in [0.3, 0.4) is 0 Å². The van der Waals surface area contributed by atoms with E-state index in [4.69, 9.17) is 9.47 Å². The van der Waals surface area contributed by atoms with Gasteiger partial charge < -0.3 is 14.8 Å². The molecule has 9 heteroatoms. The highest BCUT2D eigenvalue weighted by Gasteiger charge is 2.30. The van der Waals surface area contributed by atoms with Crippen molar-refractivity contribution >= 4 is 33.4 Å². The fourth-order valence-electron chi connectivity index (χ4n) is 3.63. The molecule has 1 fully saturated rings. The van der Waals surface area contributed by atoms with Gasteiger partial charge >= 0.3 is 0 Å². The van der Waals surface area contributed by atoms with E-state index in [2.05, 4.69) is 5.32 Å². The van der Waals surface area contributed by atoms with Gasteiger partial charge in [-0.05, 0) is 35.9 Å². The van der Waals surface area contributed by atoms with Crippen LogP contribution in [-0.4, -0.2) is 52.0 Å². The topological polar surface area (TPSA) is 84.9 Å². The van der Waals surface area contributed by atoms with E-state index in [1.54, 1.807) is 12.1 Å². The van der Waals surface area contributed by atoms with E-state index in [9.17, 15) is 13.2 Å². The van der Waals surface area contributed by atoms with E-state index in [0.717, 1.165) is 10.5 Å². The monoisotopic (exact) mass is 498 g/mol. The fourth-order valence-corrected chi connectivity index (χ4v) is 6.26. The van der Waals surface area contributed by atoms with E-state index in [-0.39, 0.29) is 29.6 Å². The summed E-state index contributed by atoms with van der Waals surface area (Å²) in [6, 6.07) is 23.8. The normalized spacial score (nSPS) is 15.4. The lowest BCUT2D eigenvalue weighted by molar-refractivity contribution is -0.115. The maximum atomic E-state index is 13.4. The first-order chi connectivity index (χ1) is 16.5. The van der Waals surface area contributed by atoms with Gasteiger partial charge in [0.05, 0.1) is 20.3 Å². The molecule has 4 rings (SSSR count). The number of amides is 1. The molecule has 3 aromatic carbocycles. The van der Waals surface area contributed by atoms with Crippen LogP contribution in [0.4, 0.5) is 5.69 Å². The van der Waals surface area contributed by atoms with Crippen LogP contribution in [0.1, 0.15) is 10.8 Å². The highest BCUT2D eigenvalue weighted by Crippen LogP contribution is 2.37. The molecule has 1 amide bonds. The van der Waals surface area contributed by atoms with E-state index < -0.39 is 15.3 Å². The minimum atomic E-state index is -3.81. The van der Waals surface area contributed by atoms with Gasteiger partial charge in [0.25, 0.3) is 0 Å². The zero-order valence-electron chi connectivity index (χ0n) is 18.7. The molecule has 34 heavy (non-hydrogen) atoms. The maximum Gasteiger partial charge on any atom is 0.246 e. The van der Waals surface area contributed by atoms with Gasteiger partial charge in [0.15, 0.2) is 0 Å². The number of sulfonamides is 1. The number of hydrogen-bond donors (Lipinski definition) is 1. The number of ether oxygens (including phenoxy) is 2. The average Bonchev–Trinajstić information content (AvgIpc) is 2.89. The first-order valence-corrected chi connectivity index (χ1v) is 13.1. The van der Waals surface area contributed by atoms with Gasteiger partial charge in [-0.15, -0.1) is 11.8 Å². The Hall–Kier alpha value is -2.85. The predicted octanol–water partition coefficient (Wildman–Crippen LogP) is 4.19. The zero-order valence-corrected chi connectivity index (χ0v) is 20.3. The summed E-state index contributed by atoms with van der Waals surface area (Å²) in [5, 5.41) is 2.38. The van der Waals surface area contributed by atoms with E-state index >= 15 is 0 Å². The van der Waals surface area contributed by atoms with E-state index in [0.29, 0.717) is 18.9 Å². The second-order valence-electron chi connectivity index (χ2n) is 7.59. The van der Waals surface area contributed by atoms with Crippen LogP contribution in [0, 0.1) is 0 Å². The molecular weight excluding hydrogens is 472 g/mol. The van der Waals surface area contributed by atoms with Crippen molar-refractivity contribution in [3.8, 4) is 5.75 Å². The van der Waals surface area contributed by atoms with Crippen molar-refractivity contribution in [1.29, 1.82) is 0 Å². The summed E-state index contributed by atoms with van der Waals surface area (Å²) in [6.45, 7) is 1.22. The number of anilines is 1. The molecule has 0 spiro atoms. The summed E-state index contributed by atoms with van der Waals surface area (Å²) in [5.41, 5.74) is 1.23. The van der Waals surface area contributed by atoms with Crippen molar-refractivity contribution in [1.82, 2.24) is 4.31 Å². The Balaban J connectivity index is 1.62. The Morgan fingerprint density at radius 3 is 2.29 bits per heavy atom. The standard InChI is InChI=1S/C25H26N2O5S2/c1-31-22-13-12-20(18-23(22)34(29,30)27-14-16-32-17-15-27)26-25(28)24(19-8-4-2-5-9-19)33-21-10-6-3-7-11-21/h2-13,18,24H,14-17H2,1H3,(H,26,28)/t24-/m0/s1. The lowest BCUT2D eigenvalue weighted by atomic mass is 10.1. The van der Waals surface area contributed by atoms with Crippen LogP contribution in [0.15, 0.2) is 88.7 Å². The average molecular weight is 499 g/mol. The van der Waals surface area contributed by atoms with Crippen LogP contribution < -0.4 is 10.1 Å². The largest absolute Gasteiger partial charge is 0.495 e. The Morgan fingerprint density at radius 1 is 1.00 bits per heavy atom. The number of carbonyl (C=O) groups is 1. The summed E-state index contributed by atoms with van der Waals surface area (Å²) in [6.07, 6.45) is 0. The predicted molar refractivity (Wildman–Crippen MR) is 133 cm³/mol. The molecule has 1 aliphatic rings. The van der Waals surface area contributed by atoms with Crippen LogP contribution in [0.2, 0.25) is 0 Å². The molecule has 0 saturated carbocycles. The Labute approximate surface area is 204 Å². The second kappa shape index (κ2) is 11.1. The number of benzene rings is 3. The fraction of sp³-hybridized carbons (Fsp3) is 0.240. The zero-order chi connectivity index (χ0) is 24.0. The lowest BCUT2D eigenvalue weighted by Crippen LogP contribution is -2.40. The summed E-state index contributed by atoms with van der Waals surface area (Å²) in [5.74, 6) is -0.0253. The Bertz CT molecular complexity index is 1210. The molecule has 1 N–H and O–H groups in total. The third kappa shape index (κ3) is 5.61. The Kier molecular flexibility index (Phi) is 7.89. The molecule has 7 nitrogen and oxygen atoms in total. The molecule has 1 heterocycles. The number of methoxy groups -OCH3 is 1. The maximum absolute atomic E-state index is 13.4. The van der Waals surface area contributed by atoms with Gasteiger partial charge in [-0.2, -0.15) is 4.31 Å². The number of nitrogens with one attached hydrogen (secondary N) is 1. The minimum absolute atomic E-state index is 0.0154. The highest BCUT2D eigenvalue weighted by molar-refractivity contribution is 8.00. The summed E-state index contributed by atoms with van der Waals surface area (Å²) in [7, 11) is -2.39. The van der Waals surface area contributed by atoms with Crippen molar-refractivity contribution in [2.45, 2.75) is 15.0 Å². The van der Waals surface area contributed by atoms with Crippen LogP contribution in [-0.2, 0) is 19.6 Å². The summed E-state index contributed by atoms with van der Waals surface area (Å²) in [4.78, 5) is 14.4. The first-order valence-electron chi connectivity index (χ1n) is 10.8. The highest BCUT2D eigenvalue weighted by atomic mass is 32.2. The number of hydrogen-bond acceptors (Lipinski definition) is 6. The smallest absolute Gasteiger partial charge is 0.246 e. The summed E-state index contributed by atoms with van der Waals surface area (Å²) < 4.78 is 38.5. The van der Waals surface area contributed by atoms with Crippen molar-refractivity contribution in [2.75, 3.05) is 38.7 Å². The molecule has 0 unspecified atom stereocenters. The molecule has 1 aliphatic heterocycles. The van der Waals surface area contributed by atoms with Gasteiger partial charge in [0, 0.05) is 23.7 Å². The molecule has 0 radical (unpaired) electrons. The minimum Gasteiger partial charge on any atom is -0.495 e. The van der Waals surface area contributed by atoms with Gasteiger partial charge in [-0.3, -0.25) is 4.79 Å². The van der Waals surface area contributed by atoms with Gasteiger partial charge in [0.2, 0.25) is 15.9 Å². The first kappa shape index (κ1) is 24.3.